The van der Waals surface area contributed by atoms with Crippen molar-refractivity contribution < 1.29 is 19.4 Å². The number of amides is 1. The van der Waals surface area contributed by atoms with E-state index in [0.717, 1.165) is 6.07 Å². The molecule has 4 N–H and O–H groups in total. The van der Waals surface area contributed by atoms with E-state index in [1.54, 1.807) is 0 Å². The molecule has 1 aromatic heterocycles. The van der Waals surface area contributed by atoms with Crippen LogP contribution in [0.5, 0.6) is 5.75 Å². The van der Waals surface area contributed by atoms with Gasteiger partial charge in [0, 0.05) is 11.9 Å². The number of pyridine rings is 1. The number of benzene rings is 1. The second-order valence-corrected chi connectivity index (χ2v) is 5.22. The molecule has 9 heteroatoms. The van der Waals surface area contributed by atoms with Crippen LogP contribution in [-0.4, -0.2) is 28.6 Å². The van der Waals surface area contributed by atoms with Crippen molar-refractivity contribution >= 4 is 46.6 Å². The minimum atomic E-state index is -0.844. The van der Waals surface area contributed by atoms with Gasteiger partial charge in [-0.05, 0) is 24.3 Å². The average molecular weight is 356 g/mol. The molecule has 23 heavy (non-hydrogen) atoms. The van der Waals surface area contributed by atoms with Gasteiger partial charge in [0.15, 0.2) is 12.4 Å². The fourth-order valence-electron chi connectivity index (χ4n) is 1.60. The lowest BCUT2D eigenvalue weighted by Gasteiger charge is -2.08. The third-order valence-corrected chi connectivity index (χ3v) is 3.15. The summed E-state index contributed by atoms with van der Waals surface area (Å²) < 4.78 is 4.82. The fourth-order valence-corrected chi connectivity index (χ4v) is 2.03. The number of nitrogens with zero attached hydrogens (tertiary/aromatic N) is 1. The number of aromatic hydroxyl groups is 1. The molecule has 1 amide bonds. The van der Waals surface area contributed by atoms with Crippen LogP contribution in [0.1, 0.15) is 10.4 Å². The highest BCUT2D eigenvalue weighted by atomic mass is 35.5. The third-order valence-electron chi connectivity index (χ3n) is 2.66. The molecule has 1 heterocycles. The van der Waals surface area contributed by atoms with E-state index in [0.29, 0.717) is 5.02 Å². The Morgan fingerprint density at radius 2 is 2.04 bits per heavy atom. The van der Waals surface area contributed by atoms with Gasteiger partial charge in [-0.1, -0.05) is 23.2 Å². The quantitative estimate of drug-likeness (QED) is 0.440. The van der Waals surface area contributed by atoms with Crippen LogP contribution in [0.15, 0.2) is 30.5 Å². The van der Waals surface area contributed by atoms with Gasteiger partial charge in [-0.2, -0.15) is 0 Å². The molecule has 2 rings (SSSR count). The van der Waals surface area contributed by atoms with Crippen molar-refractivity contribution in [2.45, 2.75) is 0 Å². The van der Waals surface area contributed by atoms with Crippen LogP contribution in [0.25, 0.3) is 0 Å². The molecule has 0 bridgehead atoms. The van der Waals surface area contributed by atoms with E-state index in [-0.39, 0.29) is 27.8 Å². The minimum Gasteiger partial charge on any atom is -0.508 e. The van der Waals surface area contributed by atoms with Crippen LogP contribution < -0.4 is 11.1 Å². The summed E-state index contributed by atoms with van der Waals surface area (Å²) in [4.78, 5) is 27.4. The number of esters is 1. The Balaban J connectivity index is 1.96. The summed E-state index contributed by atoms with van der Waals surface area (Å²) in [5.41, 5.74) is 5.68. The molecular weight excluding hydrogens is 345 g/mol. The third kappa shape index (κ3) is 4.48. The van der Waals surface area contributed by atoms with E-state index < -0.39 is 18.5 Å². The van der Waals surface area contributed by atoms with Crippen LogP contribution in [-0.2, 0) is 9.53 Å². The first-order valence-electron chi connectivity index (χ1n) is 6.23. The second kappa shape index (κ2) is 7.17. The van der Waals surface area contributed by atoms with Gasteiger partial charge in [-0.15, -0.1) is 0 Å². The smallest absolute Gasteiger partial charge is 0.340 e. The number of hydrogen-bond acceptors (Lipinski definition) is 6. The second-order valence-electron chi connectivity index (χ2n) is 4.38. The number of hydrogen-bond donors (Lipinski definition) is 3. The number of nitrogen functional groups attached to an aromatic ring is 1. The molecule has 0 radical (unpaired) electrons. The number of rotatable bonds is 4. The summed E-state index contributed by atoms with van der Waals surface area (Å²) in [6.07, 6.45) is 1.31. The molecule has 0 saturated carbocycles. The lowest BCUT2D eigenvalue weighted by molar-refractivity contribution is -0.119. The zero-order chi connectivity index (χ0) is 17.0. The first-order chi connectivity index (χ1) is 10.9. The van der Waals surface area contributed by atoms with E-state index in [2.05, 4.69) is 10.3 Å². The molecule has 0 unspecified atom stereocenters. The van der Waals surface area contributed by atoms with Crippen LogP contribution >= 0.6 is 23.2 Å². The van der Waals surface area contributed by atoms with Gasteiger partial charge in [-0.25, -0.2) is 9.78 Å². The predicted octanol–water partition coefficient (Wildman–Crippen LogP) is 2.47. The number of nitrogens with one attached hydrogen (secondary N) is 1. The number of halogens is 2. The first kappa shape index (κ1) is 16.9. The lowest BCUT2D eigenvalue weighted by Crippen LogP contribution is -2.22. The Labute approximate surface area is 141 Å². The standard InChI is InChI=1S/C14H11Cl2N3O4/c15-7-3-10(16)13(18-5-7)19-12(21)6-23-14(22)9-4-8(20)1-2-11(9)17/h1-5,20H,6,17H2,(H,18,19,21). The lowest BCUT2D eigenvalue weighted by atomic mass is 10.2. The Bertz CT molecular complexity index is 768. The van der Waals surface area contributed by atoms with Crippen LogP contribution in [0.3, 0.4) is 0 Å². The average Bonchev–Trinajstić information content (AvgIpc) is 2.50. The Morgan fingerprint density at radius 3 is 2.74 bits per heavy atom. The van der Waals surface area contributed by atoms with Crippen LogP contribution in [0.4, 0.5) is 11.5 Å². The molecule has 120 valence electrons. The molecule has 0 saturated heterocycles. The van der Waals surface area contributed by atoms with Gasteiger partial charge in [-0.3, -0.25) is 4.79 Å². The number of ether oxygens (including phenoxy) is 1. The van der Waals surface area contributed by atoms with Crippen molar-refractivity contribution in [1.82, 2.24) is 4.98 Å². The summed E-state index contributed by atoms with van der Waals surface area (Å²) >= 11 is 11.5. The van der Waals surface area contributed by atoms with Gasteiger partial charge in [0.2, 0.25) is 0 Å². The summed E-state index contributed by atoms with van der Waals surface area (Å²) in [6, 6.07) is 5.23. The van der Waals surface area contributed by atoms with E-state index in [4.69, 9.17) is 33.7 Å². The molecular formula is C14H11Cl2N3O4. The van der Waals surface area contributed by atoms with Gasteiger partial charge in [0.25, 0.3) is 5.91 Å². The number of nitrogens with two attached hydrogens (primary N) is 1. The number of anilines is 2. The molecule has 0 aliphatic rings. The summed E-state index contributed by atoms with van der Waals surface area (Å²) in [6.45, 7) is -0.575. The molecule has 7 nitrogen and oxygen atoms in total. The predicted molar refractivity (Wildman–Crippen MR) is 85.7 cm³/mol. The Kier molecular flexibility index (Phi) is 5.25. The number of carbonyl (C=O) groups excluding carboxylic acids is 2. The van der Waals surface area contributed by atoms with Crippen LogP contribution in [0, 0.1) is 0 Å². The molecule has 0 aliphatic carbocycles. The van der Waals surface area contributed by atoms with Gasteiger partial charge >= 0.3 is 5.97 Å². The van der Waals surface area contributed by atoms with Crippen molar-refractivity contribution in [2.75, 3.05) is 17.7 Å². The number of aromatic nitrogens is 1. The van der Waals surface area contributed by atoms with Gasteiger partial charge in [0.05, 0.1) is 15.6 Å². The number of phenols is 1. The highest BCUT2D eigenvalue weighted by Gasteiger charge is 2.15. The Hall–Kier alpha value is -2.51. The van der Waals surface area contributed by atoms with Gasteiger partial charge < -0.3 is 20.9 Å². The monoisotopic (exact) mass is 355 g/mol. The Morgan fingerprint density at radius 1 is 1.30 bits per heavy atom. The van der Waals surface area contributed by atoms with E-state index in [9.17, 15) is 14.7 Å². The summed E-state index contributed by atoms with van der Waals surface area (Å²) in [5.74, 6) is -1.54. The van der Waals surface area contributed by atoms with Crippen molar-refractivity contribution in [3.63, 3.8) is 0 Å². The highest BCUT2D eigenvalue weighted by Crippen LogP contribution is 2.22. The van der Waals surface area contributed by atoms with E-state index in [1.165, 1.54) is 24.4 Å². The van der Waals surface area contributed by atoms with Crippen LogP contribution in [0.2, 0.25) is 10.0 Å². The SMILES string of the molecule is Nc1ccc(O)cc1C(=O)OCC(=O)Nc1ncc(Cl)cc1Cl. The zero-order valence-electron chi connectivity index (χ0n) is 11.5. The molecule has 0 atom stereocenters. The van der Waals surface area contributed by atoms with Crippen molar-refractivity contribution in [3.05, 3.63) is 46.1 Å². The minimum absolute atomic E-state index is 0.0412. The zero-order valence-corrected chi connectivity index (χ0v) is 13.1. The molecule has 0 spiro atoms. The maximum Gasteiger partial charge on any atom is 0.340 e. The molecule has 2 aromatic rings. The summed E-state index contributed by atoms with van der Waals surface area (Å²) in [5, 5.41) is 12.2. The number of carbonyl (C=O) groups is 2. The normalized spacial score (nSPS) is 10.2. The van der Waals surface area contributed by atoms with E-state index >= 15 is 0 Å². The van der Waals surface area contributed by atoms with Crippen molar-refractivity contribution in [3.8, 4) is 5.75 Å². The van der Waals surface area contributed by atoms with Crippen molar-refractivity contribution in [2.24, 2.45) is 0 Å². The van der Waals surface area contributed by atoms with Crippen molar-refractivity contribution in [1.29, 1.82) is 0 Å². The first-order valence-corrected chi connectivity index (χ1v) is 6.99. The molecule has 0 fully saturated rings. The largest absolute Gasteiger partial charge is 0.508 e. The topological polar surface area (TPSA) is 115 Å². The van der Waals surface area contributed by atoms with Gasteiger partial charge in [0.1, 0.15) is 5.75 Å². The maximum atomic E-state index is 11.8. The summed E-state index contributed by atoms with van der Waals surface area (Å²) in [7, 11) is 0. The number of phenolic OH excluding ortho intramolecular Hbond substituents is 1. The fraction of sp³-hybridized carbons (Fsp3) is 0.0714. The van der Waals surface area contributed by atoms with E-state index in [1.807, 2.05) is 0 Å². The molecule has 0 aliphatic heterocycles. The highest BCUT2D eigenvalue weighted by molar-refractivity contribution is 6.36. The molecule has 1 aromatic carbocycles. The maximum absolute atomic E-state index is 11.8.